The van der Waals surface area contributed by atoms with Crippen LogP contribution in [0.25, 0.3) is 0 Å². The Morgan fingerprint density at radius 2 is 2.24 bits per heavy atom. The number of methoxy groups -OCH3 is 1. The summed E-state index contributed by atoms with van der Waals surface area (Å²) >= 11 is 0. The van der Waals surface area contributed by atoms with Crippen LogP contribution in [0.3, 0.4) is 0 Å². The first-order valence-corrected chi connectivity index (χ1v) is 6.13. The minimum absolute atomic E-state index is 0. The van der Waals surface area contributed by atoms with E-state index in [0.29, 0.717) is 19.1 Å². The van der Waals surface area contributed by atoms with Gasteiger partial charge in [-0.05, 0) is 18.9 Å². The zero-order valence-corrected chi connectivity index (χ0v) is 11.9. The van der Waals surface area contributed by atoms with Gasteiger partial charge in [-0.25, -0.2) is 0 Å². The van der Waals surface area contributed by atoms with Gasteiger partial charge in [0.15, 0.2) is 0 Å². The van der Waals surface area contributed by atoms with Crippen LogP contribution in [0, 0.1) is 11.8 Å². The number of carbonyl (C=O) groups excluding carboxylic acids is 1. The molecule has 0 bridgehead atoms. The molecular formula is C12H25ClN2O2. The van der Waals surface area contributed by atoms with Gasteiger partial charge in [-0.1, -0.05) is 13.8 Å². The molecule has 1 atom stereocenters. The van der Waals surface area contributed by atoms with Crippen molar-refractivity contribution < 1.29 is 9.53 Å². The average Bonchev–Trinajstić information content (AvgIpc) is 2.76. The minimum Gasteiger partial charge on any atom is -0.383 e. The summed E-state index contributed by atoms with van der Waals surface area (Å²) in [5.41, 5.74) is 0. The van der Waals surface area contributed by atoms with Gasteiger partial charge in [0.2, 0.25) is 5.91 Å². The molecule has 4 nitrogen and oxygen atoms in total. The fourth-order valence-corrected chi connectivity index (χ4v) is 2.06. The lowest BCUT2D eigenvalue weighted by Crippen LogP contribution is -2.41. The van der Waals surface area contributed by atoms with Crippen molar-refractivity contribution in [2.45, 2.75) is 20.3 Å². The van der Waals surface area contributed by atoms with E-state index in [4.69, 9.17) is 4.74 Å². The summed E-state index contributed by atoms with van der Waals surface area (Å²) in [6.07, 6.45) is 0.973. The summed E-state index contributed by atoms with van der Waals surface area (Å²) in [6, 6.07) is 0. The number of ether oxygens (including phenoxy) is 1. The molecule has 0 saturated carbocycles. The summed E-state index contributed by atoms with van der Waals surface area (Å²) in [5, 5.41) is 3.24. The number of hydrogen-bond donors (Lipinski definition) is 1. The molecule has 1 unspecified atom stereocenters. The second kappa shape index (κ2) is 8.72. The van der Waals surface area contributed by atoms with E-state index in [-0.39, 0.29) is 24.2 Å². The van der Waals surface area contributed by atoms with E-state index in [9.17, 15) is 4.79 Å². The van der Waals surface area contributed by atoms with Crippen LogP contribution in [0.2, 0.25) is 0 Å². The topological polar surface area (TPSA) is 41.6 Å². The van der Waals surface area contributed by atoms with Crippen molar-refractivity contribution >= 4 is 18.3 Å². The Kier molecular flexibility index (Phi) is 8.56. The average molecular weight is 265 g/mol. The van der Waals surface area contributed by atoms with Gasteiger partial charge in [-0.15, -0.1) is 12.4 Å². The molecule has 0 spiro atoms. The van der Waals surface area contributed by atoms with Crippen molar-refractivity contribution in [3.63, 3.8) is 0 Å². The molecule has 0 aromatic rings. The Balaban J connectivity index is 0.00000256. The third kappa shape index (κ3) is 5.70. The highest BCUT2D eigenvalue weighted by atomic mass is 35.5. The molecule has 0 aliphatic carbocycles. The van der Waals surface area contributed by atoms with Gasteiger partial charge in [-0.2, -0.15) is 0 Å². The number of amides is 1. The lowest BCUT2D eigenvalue weighted by molar-refractivity contribution is -0.136. The summed E-state index contributed by atoms with van der Waals surface area (Å²) in [7, 11) is 1.68. The monoisotopic (exact) mass is 264 g/mol. The van der Waals surface area contributed by atoms with Crippen molar-refractivity contribution in [3.05, 3.63) is 0 Å². The van der Waals surface area contributed by atoms with Crippen LogP contribution in [0.5, 0.6) is 0 Å². The van der Waals surface area contributed by atoms with E-state index < -0.39 is 0 Å². The number of nitrogens with one attached hydrogen (secondary N) is 1. The first-order chi connectivity index (χ1) is 7.65. The van der Waals surface area contributed by atoms with E-state index >= 15 is 0 Å². The summed E-state index contributed by atoms with van der Waals surface area (Å²) in [4.78, 5) is 14.2. The molecule has 1 aliphatic rings. The lowest BCUT2D eigenvalue weighted by Gasteiger charge is -2.26. The Morgan fingerprint density at radius 1 is 1.53 bits per heavy atom. The van der Waals surface area contributed by atoms with E-state index in [1.54, 1.807) is 7.11 Å². The van der Waals surface area contributed by atoms with Gasteiger partial charge < -0.3 is 15.0 Å². The molecule has 5 heteroatoms. The molecule has 0 radical (unpaired) electrons. The van der Waals surface area contributed by atoms with Crippen LogP contribution >= 0.6 is 12.4 Å². The first-order valence-electron chi connectivity index (χ1n) is 6.13. The molecule has 1 amide bonds. The van der Waals surface area contributed by atoms with Crippen molar-refractivity contribution in [2.75, 3.05) is 39.9 Å². The molecule has 1 aliphatic heterocycles. The Bertz CT molecular complexity index is 219. The summed E-state index contributed by atoms with van der Waals surface area (Å²) < 4.78 is 5.06. The molecule has 17 heavy (non-hydrogen) atoms. The molecular weight excluding hydrogens is 240 g/mol. The van der Waals surface area contributed by atoms with Crippen molar-refractivity contribution in [1.82, 2.24) is 10.2 Å². The first kappa shape index (κ1) is 16.7. The van der Waals surface area contributed by atoms with Gasteiger partial charge in [-0.3, -0.25) is 4.79 Å². The van der Waals surface area contributed by atoms with Gasteiger partial charge >= 0.3 is 0 Å². The molecule has 102 valence electrons. The Morgan fingerprint density at radius 3 is 2.71 bits per heavy atom. The van der Waals surface area contributed by atoms with Crippen LogP contribution < -0.4 is 5.32 Å². The van der Waals surface area contributed by atoms with Crippen molar-refractivity contribution in [1.29, 1.82) is 0 Å². The fraction of sp³-hybridized carbons (Fsp3) is 0.917. The predicted octanol–water partition coefficient (Wildman–Crippen LogP) is 1.15. The maximum Gasteiger partial charge on any atom is 0.227 e. The van der Waals surface area contributed by atoms with Gasteiger partial charge in [0.05, 0.1) is 12.5 Å². The third-order valence-electron chi connectivity index (χ3n) is 2.87. The number of nitrogens with zero attached hydrogens (tertiary/aromatic N) is 1. The van der Waals surface area contributed by atoms with Gasteiger partial charge in [0.25, 0.3) is 0 Å². The smallest absolute Gasteiger partial charge is 0.227 e. The fourth-order valence-electron chi connectivity index (χ4n) is 2.06. The van der Waals surface area contributed by atoms with Crippen LogP contribution in [0.15, 0.2) is 0 Å². The van der Waals surface area contributed by atoms with Crippen molar-refractivity contribution in [3.8, 4) is 0 Å². The SMILES string of the molecule is COCCN(CC(C)C)C(=O)C1CCNC1.Cl. The third-order valence-corrected chi connectivity index (χ3v) is 2.87. The van der Waals surface area contributed by atoms with E-state index in [0.717, 1.165) is 26.1 Å². The minimum atomic E-state index is 0. The highest BCUT2D eigenvalue weighted by molar-refractivity contribution is 5.85. The van der Waals surface area contributed by atoms with Crippen LogP contribution in [-0.4, -0.2) is 50.7 Å². The highest BCUT2D eigenvalue weighted by Crippen LogP contribution is 2.13. The highest BCUT2D eigenvalue weighted by Gasteiger charge is 2.27. The van der Waals surface area contributed by atoms with Crippen molar-refractivity contribution in [2.24, 2.45) is 11.8 Å². The molecule has 0 aromatic carbocycles. The molecule has 1 rings (SSSR count). The Hall–Kier alpha value is -0.320. The van der Waals surface area contributed by atoms with Crippen LogP contribution in [0.4, 0.5) is 0 Å². The largest absolute Gasteiger partial charge is 0.383 e. The zero-order valence-electron chi connectivity index (χ0n) is 11.1. The summed E-state index contributed by atoms with van der Waals surface area (Å²) in [5.74, 6) is 0.974. The molecule has 1 N–H and O–H groups in total. The maximum atomic E-state index is 12.2. The lowest BCUT2D eigenvalue weighted by atomic mass is 10.1. The van der Waals surface area contributed by atoms with Gasteiger partial charge in [0.1, 0.15) is 0 Å². The molecule has 1 saturated heterocycles. The van der Waals surface area contributed by atoms with E-state index in [1.807, 2.05) is 4.90 Å². The number of carbonyl (C=O) groups is 1. The Labute approximate surface area is 110 Å². The van der Waals surface area contributed by atoms with Crippen LogP contribution in [0.1, 0.15) is 20.3 Å². The van der Waals surface area contributed by atoms with E-state index in [1.165, 1.54) is 0 Å². The number of hydrogen-bond acceptors (Lipinski definition) is 3. The predicted molar refractivity (Wildman–Crippen MR) is 71.5 cm³/mol. The second-order valence-electron chi connectivity index (χ2n) is 4.86. The summed E-state index contributed by atoms with van der Waals surface area (Å²) in [6.45, 7) is 8.25. The molecule has 0 aromatic heterocycles. The normalized spacial score (nSPS) is 19.2. The van der Waals surface area contributed by atoms with E-state index in [2.05, 4.69) is 19.2 Å². The molecule has 1 heterocycles. The quantitative estimate of drug-likeness (QED) is 0.783. The standard InChI is InChI=1S/C12H24N2O2.ClH/c1-10(2)9-14(6-7-16-3)12(15)11-4-5-13-8-11;/h10-11,13H,4-9H2,1-3H3;1H. The van der Waals surface area contributed by atoms with Crippen LogP contribution in [-0.2, 0) is 9.53 Å². The maximum absolute atomic E-state index is 12.2. The number of halogens is 1. The number of rotatable bonds is 6. The molecule has 1 fully saturated rings. The second-order valence-corrected chi connectivity index (χ2v) is 4.86. The zero-order chi connectivity index (χ0) is 12.0. The van der Waals surface area contributed by atoms with Gasteiger partial charge in [0, 0.05) is 26.7 Å².